The highest BCUT2D eigenvalue weighted by Crippen LogP contribution is 2.38. The van der Waals surface area contributed by atoms with Crippen molar-refractivity contribution in [2.75, 3.05) is 41.6 Å². The minimum absolute atomic E-state index is 0.00539. The lowest BCUT2D eigenvalue weighted by molar-refractivity contribution is 0.160. The maximum Gasteiger partial charge on any atom is 0.168 e. The molecular weight excluding hydrogens is 1190 g/mol. The van der Waals surface area contributed by atoms with Crippen LogP contribution in [0.5, 0.6) is 5.75 Å². The van der Waals surface area contributed by atoms with Gasteiger partial charge in [0, 0.05) is 142 Å². The molecule has 93 heavy (non-hydrogen) atoms. The fourth-order valence-electron chi connectivity index (χ4n) is 14.2. The molecule has 0 saturated carbocycles. The van der Waals surface area contributed by atoms with Gasteiger partial charge in [-0.25, -0.2) is 37.2 Å². The minimum atomic E-state index is -0.948. The molecule has 3 aromatic carbocycles. The van der Waals surface area contributed by atoms with Crippen LogP contribution in [-0.4, -0.2) is 138 Å². The Labute approximate surface area is 541 Å². The van der Waals surface area contributed by atoms with Gasteiger partial charge in [-0.05, 0) is 152 Å². The number of nitrogens with one attached hydrogen (secondary N) is 5. The summed E-state index contributed by atoms with van der Waals surface area (Å²) in [5, 5.41) is 38.6. The van der Waals surface area contributed by atoms with E-state index in [1.54, 1.807) is 47.8 Å². The first-order valence-electron chi connectivity index (χ1n) is 31.3. The molecule has 3 saturated heterocycles. The van der Waals surface area contributed by atoms with Crippen LogP contribution >= 0.6 is 0 Å². The lowest BCUT2D eigenvalue weighted by atomic mass is 9.79. The van der Waals surface area contributed by atoms with Gasteiger partial charge in [0.15, 0.2) is 11.6 Å². The number of hydrogen-bond acceptors (Lipinski definition) is 17. The fraction of sp³-hybridized carbons (Fsp3) is 0.435. The average Bonchev–Trinajstić information content (AvgIpc) is 1.21. The van der Waals surface area contributed by atoms with Crippen LogP contribution in [0.1, 0.15) is 122 Å². The summed E-state index contributed by atoms with van der Waals surface area (Å²) in [5.41, 5.74) is 9.78. The predicted molar refractivity (Wildman–Crippen MR) is 359 cm³/mol. The third-order valence-electron chi connectivity index (χ3n) is 17.6. The molecule has 8 N–H and O–H groups in total. The number of phenolic OH excluding ortho intramolecular Hbond substituents is 1. The maximum absolute atomic E-state index is 14.8. The van der Waals surface area contributed by atoms with Gasteiger partial charge in [0.05, 0.1) is 72.3 Å². The van der Waals surface area contributed by atoms with Crippen molar-refractivity contribution in [2.45, 2.75) is 173 Å². The number of hydrogen-bond donors (Lipinski definition) is 7. The molecule has 3 aliphatic heterocycles. The minimum Gasteiger partial charge on any atom is -0.507 e. The second kappa shape index (κ2) is 25.9. The number of anilines is 4. The first-order chi connectivity index (χ1) is 43.6. The summed E-state index contributed by atoms with van der Waals surface area (Å²) in [5.74, 6) is -0.202. The Hall–Kier alpha value is -8.87. The zero-order valence-electron chi connectivity index (χ0n) is 55.8. The number of nitrogens with zero attached hydrogens (tertiary/aromatic N) is 13. The highest BCUT2D eigenvalue weighted by atomic mass is 19.2. The van der Waals surface area contributed by atoms with E-state index in [0.29, 0.717) is 57.3 Å². The molecule has 6 aromatic heterocycles. The predicted octanol–water partition coefficient (Wildman–Crippen LogP) is 12.5. The van der Waals surface area contributed by atoms with Crippen molar-refractivity contribution in [2.24, 2.45) is 0 Å². The highest BCUT2D eigenvalue weighted by Gasteiger charge is 2.42. The van der Waals surface area contributed by atoms with E-state index in [-0.39, 0.29) is 73.3 Å². The zero-order valence-corrected chi connectivity index (χ0v) is 55.8. The second-order valence-corrected chi connectivity index (χ2v) is 28.9. The van der Waals surface area contributed by atoms with E-state index in [0.717, 1.165) is 62.2 Å². The van der Waals surface area contributed by atoms with Crippen LogP contribution in [-0.2, 0) is 0 Å². The number of nitrogen functional groups attached to an aromatic ring is 1. The molecular formula is C69H87F4N19O. The molecule has 9 heterocycles. The van der Waals surface area contributed by atoms with Crippen LogP contribution in [0.4, 0.5) is 40.8 Å². The Morgan fingerprint density at radius 1 is 0.452 bits per heavy atom. The number of nitrogens with two attached hydrogens (primary N) is 1. The number of aromatic amines is 2. The van der Waals surface area contributed by atoms with Crippen LogP contribution in [0.2, 0.25) is 0 Å². The standard InChI is InChI=1S/2C23H28F2N6.C23H31N7O/c1-22(2)8-15(9-23(3,4)30-22)31(5)21-13-26-20(12-27-21)17-7-18(24)16(6-19(17)25)14-10-28-29-11-14;1-22(2)8-15(9-23(3,4)30-22)31(5)19-13-26-18(12-27-19)17-7-6-16(20(24)21(17)25)14-10-28-29-11-14;1-22(2)11-16(12-23(3,4)28-22)29(5)21-14-25-18(13-26-21)17-7-6-15(10-19(17)31)30-9-8-20(24)27-30/h2*6-7,10-13,15,30H,8-9H2,1-5H3,(H,28,29);6-10,13-14,16,28,31H,11-12H2,1-5H3,(H2,24,27). The van der Waals surface area contributed by atoms with Gasteiger partial charge in [-0.1, -0.05) is 6.07 Å². The Balaban J connectivity index is 0.000000153. The first kappa shape index (κ1) is 67.0. The Bertz CT molecular complexity index is 3850. The van der Waals surface area contributed by atoms with E-state index in [9.17, 15) is 22.7 Å². The lowest BCUT2D eigenvalue weighted by Gasteiger charge is -2.49. The molecule has 3 fully saturated rings. The van der Waals surface area contributed by atoms with Crippen molar-refractivity contribution in [3.8, 4) is 67.5 Å². The number of H-pyrrole nitrogens is 2. The molecule has 0 amide bonds. The fourth-order valence-corrected chi connectivity index (χ4v) is 14.2. The van der Waals surface area contributed by atoms with E-state index >= 15 is 0 Å². The number of piperidine rings is 3. The SMILES string of the molecule is CN(c1cnc(-c2cc(F)c(-c3cn[nH]c3)cc2F)cn1)C1CC(C)(C)NC(C)(C)C1.CN(c1cnc(-c2ccc(-c3cn[nH]c3)c(F)c2F)cn1)C1CC(C)(C)NC(C)(C)C1.CN(c1cnc(-c2ccc(-n3ccc(N)n3)cc2O)cn1)C1CC(C)(C)NC(C)(C)C1. The van der Waals surface area contributed by atoms with Crippen molar-refractivity contribution in [1.82, 2.24) is 76.0 Å². The molecule has 0 bridgehead atoms. The topological polar surface area (TPSA) is 245 Å². The summed E-state index contributed by atoms with van der Waals surface area (Å²) in [6.07, 6.45) is 23.3. The molecule has 9 aromatic rings. The largest absolute Gasteiger partial charge is 0.507 e. The molecule has 3 aliphatic rings. The van der Waals surface area contributed by atoms with Crippen molar-refractivity contribution in [3.05, 3.63) is 140 Å². The summed E-state index contributed by atoms with van der Waals surface area (Å²) < 4.78 is 60.4. The Morgan fingerprint density at radius 3 is 1.19 bits per heavy atom. The number of phenols is 1. The van der Waals surface area contributed by atoms with E-state index in [1.165, 1.54) is 49.3 Å². The van der Waals surface area contributed by atoms with Gasteiger partial charge in [0.1, 0.15) is 40.7 Å². The molecule has 492 valence electrons. The molecule has 0 radical (unpaired) electrons. The summed E-state index contributed by atoms with van der Waals surface area (Å²) >= 11 is 0. The van der Waals surface area contributed by atoms with Gasteiger partial charge in [-0.2, -0.15) is 15.3 Å². The average molecular weight is 1270 g/mol. The summed E-state index contributed by atoms with van der Waals surface area (Å²) in [4.78, 5) is 33.5. The second-order valence-electron chi connectivity index (χ2n) is 28.9. The van der Waals surface area contributed by atoms with Gasteiger partial charge in [-0.15, -0.1) is 0 Å². The quantitative estimate of drug-likeness (QED) is 0.0562. The summed E-state index contributed by atoms with van der Waals surface area (Å²) in [6.45, 7) is 26.6. The number of rotatable bonds is 12. The lowest BCUT2D eigenvalue weighted by Crippen LogP contribution is -2.62. The van der Waals surface area contributed by atoms with E-state index in [1.807, 2.05) is 26.2 Å². The van der Waals surface area contributed by atoms with Gasteiger partial charge in [0.25, 0.3) is 0 Å². The van der Waals surface area contributed by atoms with E-state index in [2.05, 4.69) is 176 Å². The van der Waals surface area contributed by atoms with Gasteiger partial charge >= 0.3 is 0 Å². The molecule has 24 heteroatoms. The van der Waals surface area contributed by atoms with Crippen LogP contribution in [0, 0.1) is 23.3 Å². The summed E-state index contributed by atoms with van der Waals surface area (Å²) in [6, 6.07) is 13.3. The van der Waals surface area contributed by atoms with Crippen molar-refractivity contribution < 1.29 is 22.7 Å². The zero-order chi connectivity index (χ0) is 67.2. The van der Waals surface area contributed by atoms with Gasteiger partial charge in [0.2, 0.25) is 0 Å². The van der Waals surface area contributed by atoms with Crippen LogP contribution in [0.3, 0.4) is 0 Å². The van der Waals surface area contributed by atoms with Crippen LogP contribution in [0.25, 0.3) is 61.7 Å². The number of aromatic nitrogens is 12. The van der Waals surface area contributed by atoms with Crippen molar-refractivity contribution >= 4 is 23.3 Å². The number of aromatic hydroxyl groups is 1. The van der Waals surface area contributed by atoms with Crippen LogP contribution < -0.4 is 36.4 Å². The summed E-state index contributed by atoms with van der Waals surface area (Å²) in [7, 11) is 6.09. The smallest absolute Gasteiger partial charge is 0.168 e. The molecule has 0 spiro atoms. The molecule has 12 rings (SSSR count). The molecule has 0 aliphatic carbocycles. The van der Waals surface area contributed by atoms with E-state index < -0.39 is 23.3 Å². The molecule has 0 unspecified atom stereocenters. The monoisotopic (exact) mass is 1270 g/mol. The molecule has 20 nitrogen and oxygen atoms in total. The number of benzene rings is 3. The maximum atomic E-state index is 14.8. The Morgan fingerprint density at radius 2 is 0.817 bits per heavy atom. The van der Waals surface area contributed by atoms with E-state index in [4.69, 9.17) is 5.73 Å². The Kier molecular flexibility index (Phi) is 18.7. The van der Waals surface area contributed by atoms with Gasteiger partial charge < -0.3 is 41.5 Å². The first-order valence-corrected chi connectivity index (χ1v) is 31.3. The highest BCUT2D eigenvalue weighted by molar-refractivity contribution is 5.72. The van der Waals surface area contributed by atoms with Crippen molar-refractivity contribution in [1.29, 1.82) is 0 Å². The molecule has 0 atom stereocenters. The van der Waals surface area contributed by atoms with Gasteiger partial charge in [-0.3, -0.25) is 25.1 Å². The number of halogens is 4. The third kappa shape index (κ3) is 15.8. The van der Waals surface area contributed by atoms with Crippen LogP contribution in [0.15, 0.2) is 117 Å². The normalized spacial score (nSPS) is 18.1. The third-order valence-corrected chi connectivity index (χ3v) is 17.6. The van der Waals surface area contributed by atoms with Crippen molar-refractivity contribution in [3.63, 3.8) is 0 Å².